The number of pyridine rings is 1. The second kappa shape index (κ2) is 11.4. The van der Waals surface area contributed by atoms with Crippen molar-refractivity contribution in [2.75, 3.05) is 17.3 Å². The minimum absolute atomic E-state index is 0.0583. The minimum atomic E-state index is -0.470. The number of nitro benzene ring substituents is 1. The number of nitrogens with zero attached hydrogens (tertiary/aromatic N) is 3. The number of amides is 1. The molecule has 10 nitrogen and oxygen atoms in total. The number of ether oxygens (including phenoxy) is 1. The number of aryl methyl sites for hydroxylation is 1. The van der Waals surface area contributed by atoms with Crippen LogP contribution in [-0.2, 0) is 4.79 Å². The summed E-state index contributed by atoms with van der Waals surface area (Å²) in [6.45, 7) is 5.63. The molecular weight excluding hydrogens is 542 g/mol. The fourth-order valence-electron chi connectivity index (χ4n) is 4.79. The number of benzene rings is 2. The van der Waals surface area contributed by atoms with Crippen LogP contribution >= 0.6 is 12.2 Å². The number of aromatic nitrogens is 1. The standard InChI is InChI=1S/C30H29N5O5S/c1-17(2)29(36)32-22-11-9-19(15-18(22)3)34-28(27(33-30(34)41)23-7-5-6-14-31-23)25-13-12-24(40-25)21-10-8-20(35(37)38)16-26(21)39-4/h5-17,27-28H,1-4H3,(H,32,36)(H,33,41). The highest BCUT2D eigenvalue weighted by atomic mass is 32.1. The van der Waals surface area contributed by atoms with Crippen molar-refractivity contribution in [3.63, 3.8) is 0 Å². The van der Waals surface area contributed by atoms with Crippen LogP contribution in [0.1, 0.15) is 42.9 Å². The highest BCUT2D eigenvalue weighted by molar-refractivity contribution is 7.80. The molecule has 4 aromatic rings. The molecule has 1 aliphatic heterocycles. The van der Waals surface area contributed by atoms with Gasteiger partial charge in [-0.3, -0.25) is 19.9 Å². The molecule has 0 bridgehead atoms. The minimum Gasteiger partial charge on any atom is -0.496 e. The van der Waals surface area contributed by atoms with Crippen LogP contribution in [0.25, 0.3) is 11.3 Å². The quantitative estimate of drug-likeness (QED) is 0.142. The number of methoxy groups -OCH3 is 1. The number of non-ortho nitro benzene ring substituents is 1. The van der Waals surface area contributed by atoms with E-state index in [1.807, 2.05) is 74.2 Å². The number of carbonyl (C=O) groups excluding carboxylic acids is 1. The smallest absolute Gasteiger partial charge is 0.273 e. The van der Waals surface area contributed by atoms with Crippen LogP contribution in [0.5, 0.6) is 5.75 Å². The van der Waals surface area contributed by atoms with Crippen LogP contribution in [0, 0.1) is 23.0 Å². The number of anilines is 2. The Morgan fingerprint density at radius 3 is 2.63 bits per heavy atom. The van der Waals surface area contributed by atoms with Crippen LogP contribution in [0.2, 0.25) is 0 Å². The highest BCUT2D eigenvalue weighted by Crippen LogP contribution is 2.44. The lowest BCUT2D eigenvalue weighted by molar-refractivity contribution is -0.384. The molecule has 0 radical (unpaired) electrons. The number of rotatable bonds is 8. The Morgan fingerprint density at radius 1 is 1.17 bits per heavy atom. The second-order valence-electron chi connectivity index (χ2n) is 9.98. The number of hydrogen-bond acceptors (Lipinski definition) is 7. The van der Waals surface area contributed by atoms with Crippen molar-refractivity contribution in [3.05, 3.63) is 100 Å². The summed E-state index contributed by atoms with van der Waals surface area (Å²) in [4.78, 5) is 29.7. The molecular formula is C30H29N5O5S. The number of hydrogen-bond donors (Lipinski definition) is 2. The third kappa shape index (κ3) is 5.48. The number of furan rings is 1. The first-order valence-corrected chi connectivity index (χ1v) is 13.4. The average molecular weight is 572 g/mol. The molecule has 1 amide bonds. The molecule has 41 heavy (non-hydrogen) atoms. The number of nitro groups is 1. The van der Waals surface area contributed by atoms with Gasteiger partial charge in [0.15, 0.2) is 5.11 Å². The van der Waals surface area contributed by atoms with E-state index < -0.39 is 11.0 Å². The number of nitrogens with one attached hydrogen (secondary N) is 2. The van der Waals surface area contributed by atoms with Crippen LogP contribution in [0.15, 0.2) is 77.3 Å². The molecule has 1 fully saturated rings. The van der Waals surface area contributed by atoms with Crippen molar-refractivity contribution in [1.29, 1.82) is 0 Å². The fraction of sp³-hybridized carbons (Fsp3) is 0.233. The second-order valence-corrected chi connectivity index (χ2v) is 10.4. The zero-order chi connectivity index (χ0) is 29.3. The van der Waals surface area contributed by atoms with E-state index in [1.165, 1.54) is 19.2 Å². The Morgan fingerprint density at radius 2 is 1.98 bits per heavy atom. The summed E-state index contributed by atoms with van der Waals surface area (Å²) in [5, 5.41) is 18.1. The zero-order valence-electron chi connectivity index (χ0n) is 23.0. The molecule has 5 rings (SSSR count). The molecule has 2 aromatic carbocycles. The molecule has 1 saturated heterocycles. The van der Waals surface area contributed by atoms with Crippen LogP contribution in [-0.4, -0.2) is 28.0 Å². The van der Waals surface area contributed by atoms with Gasteiger partial charge in [0.05, 0.1) is 35.4 Å². The largest absolute Gasteiger partial charge is 0.496 e. The Kier molecular flexibility index (Phi) is 7.71. The molecule has 2 aromatic heterocycles. The van der Waals surface area contributed by atoms with Crippen molar-refractivity contribution in [2.45, 2.75) is 32.9 Å². The maximum absolute atomic E-state index is 12.3. The van der Waals surface area contributed by atoms with E-state index in [9.17, 15) is 14.9 Å². The van der Waals surface area contributed by atoms with Crippen molar-refractivity contribution in [2.24, 2.45) is 5.92 Å². The summed E-state index contributed by atoms with van der Waals surface area (Å²) >= 11 is 5.83. The van der Waals surface area contributed by atoms with Gasteiger partial charge in [0.1, 0.15) is 23.3 Å². The summed E-state index contributed by atoms with van der Waals surface area (Å²) < 4.78 is 11.8. The third-order valence-electron chi connectivity index (χ3n) is 6.95. The van der Waals surface area contributed by atoms with Crippen molar-refractivity contribution in [3.8, 4) is 17.1 Å². The van der Waals surface area contributed by atoms with Crippen molar-refractivity contribution < 1.29 is 18.9 Å². The van der Waals surface area contributed by atoms with Gasteiger partial charge in [-0.05, 0) is 73.2 Å². The summed E-state index contributed by atoms with van der Waals surface area (Å²) in [5.74, 6) is 1.23. The molecule has 1 aliphatic rings. The predicted octanol–water partition coefficient (Wildman–Crippen LogP) is 6.34. The maximum atomic E-state index is 12.3. The van der Waals surface area contributed by atoms with Gasteiger partial charge in [-0.2, -0.15) is 0 Å². The summed E-state index contributed by atoms with van der Waals surface area (Å²) in [7, 11) is 1.46. The van der Waals surface area contributed by atoms with Gasteiger partial charge in [-0.1, -0.05) is 19.9 Å². The normalized spacial score (nSPS) is 16.5. The van der Waals surface area contributed by atoms with Gasteiger partial charge in [0.2, 0.25) is 5.91 Å². The van der Waals surface area contributed by atoms with Gasteiger partial charge in [0, 0.05) is 29.6 Å². The SMILES string of the molecule is COc1cc([N+](=O)[O-])ccc1-c1ccc(C2C(c3ccccn3)NC(=S)N2c2ccc(NC(=O)C(C)C)c(C)c2)o1. The van der Waals surface area contributed by atoms with Gasteiger partial charge in [-0.25, -0.2) is 0 Å². The molecule has 2 unspecified atom stereocenters. The Bertz CT molecular complexity index is 1620. The van der Waals surface area contributed by atoms with E-state index in [4.69, 9.17) is 21.4 Å². The summed E-state index contributed by atoms with van der Waals surface area (Å²) in [6, 6.07) is 18.8. The zero-order valence-corrected chi connectivity index (χ0v) is 23.8. The van der Waals surface area contributed by atoms with E-state index in [-0.39, 0.29) is 23.6 Å². The molecule has 11 heteroatoms. The van der Waals surface area contributed by atoms with Crippen LogP contribution in [0.3, 0.4) is 0 Å². The molecule has 3 heterocycles. The van der Waals surface area contributed by atoms with Crippen LogP contribution in [0.4, 0.5) is 17.1 Å². The average Bonchev–Trinajstić information content (AvgIpc) is 3.58. The lowest BCUT2D eigenvalue weighted by Gasteiger charge is -2.27. The molecule has 2 N–H and O–H groups in total. The lowest BCUT2D eigenvalue weighted by atomic mass is 10.0. The Balaban J connectivity index is 1.56. The first-order valence-electron chi connectivity index (χ1n) is 13.0. The molecule has 0 aliphatic carbocycles. The molecule has 0 saturated carbocycles. The number of thiocarbonyl (C=S) groups is 1. The first kappa shape index (κ1) is 27.8. The Labute approximate surface area is 242 Å². The van der Waals surface area contributed by atoms with E-state index in [2.05, 4.69) is 15.6 Å². The van der Waals surface area contributed by atoms with E-state index in [1.54, 1.807) is 12.3 Å². The fourth-order valence-corrected chi connectivity index (χ4v) is 5.14. The number of carbonyl (C=O) groups is 1. The summed E-state index contributed by atoms with van der Waals surface area (Å²) in [6.07, 6.45) is 1.73. The maximum Gasteiger partial charge on any atom is 0.273 e. The lowest BCUT2D eigenvalue weighted by Crippen LogP contribution is -2.29. The third-order valence-corrected chi connectivity index (χ3v) is 7.26. The van der Waals surface area contributed by atoms with Gasteiger partial charge >= 0.3 is 0 Å². The topological polar surface area (TPSA) is 123 Å². The van der Waals surface area contributed by atoms with Crippen molar-refractivity contribution >= 4 is 40.3 Å². The van der Waals surface area contributed by atoms with Gasteiger partial charge in [-0.15, -0.1) is 0 Å². The van der Waals surface area contributed by atoms with E-state index in [0.717, 1.165) is 22.6 Å². The monoisotopic (exact) mass is 571 g/mol. The summed E-state index contributed by atoms with van der Waals surface area (Å²) in [5.41, 5.74) is 3.72. The van der Waals surface area contributed by atoms with Gasteiger partial charge < -0.3 is 24.7 Å². The highest BCUT2D eigenvalue weighted by Gasteiger charge is 2.42. The molecule has 210 valence electrons. The van der Waals surface area contributed by atoms with E-state index in [0.29, 0.717) is 27.9 Å². The first-order chi connectivity index (χ1) is 19.7. The van der Waals surface area contributed by atoms with Gasteiger partial charge in [0.25, 0.3) is 5.69 Å². The van der Waals surface area contributed by atoms with Crippen LogP contribution < -0.4 is 20.3 Å². The van der Waals surface area contributed by atoms with Crippen molar-refractivity contribution in [1.82, 2.24) is 10.3 Å². The molecule has 2 atom stereocenters. The molecule has 0 spiro atoms. The van der Waals surface area contributed by atoms with E-state index >= 15 is 0 Å². The Hall–Kier alpha value is -4.77. The predicted molar refractivity (Wildman–Crippen MR) is 160 cm³/mol.